The summed E-state index contributed by atoms with van der Waals surface area (Å²) < 4.78 is 0.947. The van der Waals surface area contributed by atoms with Gasteiger partial charge in [0.25, 0.3) is 0 Å². The number of hydrogen-bond donors (Lipinski definition) is 3. The second-order valence-corrected chi connectivity index (χ2v) is 4.48. The molecule has 17 heavy (non-hydrogen) atoms. The predicted molar refractivity (Wildman–Crippen MR) is 68.1 cm³/mol. The van der Waals surface area contributed by atoms with Gasteiger partial charge in [0.15, 0.2) is 0 Å². The van der Waals surface area contributed by atoms with Gasteiger partial charge >= 0.3 is 12.0 Å². The zero-order valence-electron chi connectivity index (χ0n) is 9.45. The molecule has 0 unspecified atom stereocenters. The van der Waals surface area contributed by atoms with E-state index < -0.39 is 18.0 Å². The molecule has 0 aliphatic heterocycles. The number of amides is 2. The largest absolute Gasteiger partial charge is 0.480 e. The lowest BCUT2D eigenvalue weighted by atomic mass is 10.2. The van der Waals surface area contributed by atoms with Gasteiger partial charge in [-0.2, -0.15) is 0 Å². The highest BCUT2D eigenvalue weighted by atomic mass is 79.9. The maximum Gasteiger partial charge on any atom is 0.325 e. The number of aliphatic carboxylic acids is 1. The minimum Gasteiger partial charge on any atom is -0.480 e. The lowest BCUT2D eigenvalue weighted by Gasteiger charge is -2.11. The third-order valence-electron chi connectivity index (χ3n) is 2.13. The first-order valence-electron chi connectivity index (χ1n) is 4.96. The third kappa shape index (κ3) is 4.07. The van der Waals surface area contributed by atoms with Crippen LogP contribution in [0.5, 0.6) is 0 Å². The van der Waals surface area contributed by atoms with Crippen LogP contribution in [0, 0.1) is 6.92 Å². The molecule has 1 aromatic rings. The molecule has 0 bridgehead atoms. The molecule has 2 amide bonds. The minimum absolute atomic E-state index is 0.540. The molecule has 3 N–H and O–H groups in total. The number of anilines is 1. The fraction of sp³-hybridized carbons (Fsp3) is 0.273. The second-order valence-electron chi connectivity index (χ2n) is 3.62. The summed E-state index contributed by atoms with van der Waals surface area (Å²) >= 11 is 3.35. The quantitative estimate of drug-likeness (QED) is 0.802. The van der Waals surface area contributed by atoms with Crippen LogP contribution in [-0.4, -0.2) is 23.1 Å². The van der Waals surface area contributed by atoms with Crippen LogP contribution in [-0.2, 0) is 4.79 Å². The lowest BCUT2D eigenvalue weighted by Crippen LogP contribution is -2.40. The minimum atomic E-state index is -1.08. The first kappa shape index (κ1) is 13.5. The van der Waals surface area contributed by atoms with Crippen molar-refractivity contribution in [2.45, 2.75) is 19.9 Å². The Morgan fingerprint density at radius 2 is 2.06 bits per heavy atom. The van der Waals surface area contributed by atoms with Crippen molar-refractivity contribution in [2.75, 3.05) is 5.32 Å². The molecule has 5 nitrogen and oxygen atoms in total. The van der Waals surface area contributed by atoms with Gasteiger partial charge in [0, 0.05) is 10.2 Å². The molecule has 92 valence electrons. The number of benzene rings is 1. The van der Waals surface area contributed by atoms with Crippen LogP contribution in [0.1, 0.15) is 12.5 Å². The first-order chi connectivity index (χ1) is 7.90. The molecule has 1 atom stereocenters. The number of aryl methyl sites for hydroxylation is 1. The molecule has 0 aliphatic rings. The number of urea groups is 1. The Bertz CT molecular complexity index is 448. The van der Waals surface area contributed by atoms with E-state index in [4.69, 9.17) is 5.11 Å². The topological polar surface area (TPSA) is 78.4 Å². The highest BCUT2D eigenvalue weighted by Gasteiger charge is 2.13. The molecule has 6 heteroatoms. The van der Waals surface area contributed by atoms with E-state index in [9.17, 15) is 9.59 Å². The normalized spacial score (nSPS) is 11.7. The Labute approximate surface area is 107 Å². The van der Waals surface area contributed by atoms with Crippen molar-refractivity contribution < 1.29 is 14.7 Å². The number of hydrogen-bond acceptors (Lipinski definition) is 2. The Morgan fingerprint density at radius 3 is 2.59 bits per heavy atom. The number of nitrogens with one attached hydrogen (secondary N) is 2. The molecule has 0 aliphatic carbocycles. The Morgan fingerprint density at radius 1 is 1.41 bits per heavy atom. The number of carbonyl (C=O) groups excluding carboxylic acids is 1. The van der Waals surface area contributed by atoms with Crippen LogP contribution in [0.15, 0.2) is 22.7 Å². The number of carbonyl (C=O) groups is 2. The van der Waals surface area contributed by atoms with Crippen LogP contribution in [0.3, 0.4) is 0 Å². The van der Waals surface area contributed by atoms with Crippen LogP contribution in [0.2, 0.25) is 0 Å². The Kier molecular flexibility index (Phi) is 4.51. The highest BCUT2D eigenvalue weighted by molar-refractivity contribution is 9.10. The molecule has 1 aromatic carbocycles. The van der Waals surface area contributed by atoms with E-state index >= 15 is 0 Å². The molecule has 0 spiro atoms. The van der Waals surface area contributed by atoms with Crippen molar-refractivity contribution in [2.24, 2.45) is 0 Å². The van der Waals surface area contributed by atoms with Crippen molar-refractivity contribution in [3.8, 4) is 0 Å². The van der Waals surface area contributed by atoms with Crippen LogP contribution in [0.4, 0.5) is 10.5 Å². The molecule has 1 rings (SSSR count). The summed E-state index contributed by atoms with van der Waals surface area (Å²) in [6.07, 6.45) is 0. The predicted octanol–water partition coefficient (Wildman–Crippen LogP) is 2.35. The van der Waals surface area contributed by atoms with Gasteiger partial charge in [-0.1, -0.05) is 15.9 Å². The van der Waals surface area contributed by atoms with Crippen molar-refractivity contribution >= 4 is 33.6 Å². The van der Waals surface area contributed by atoms with Crippen molar-refractivity contribution in [1.29, 1.82) is 0 Å². The number of rotatable bonds is 3. The average molecular weight is 301 g/mol. The zero-order chi connectivity index (χ0) is 13.0. The van der Waals surface area contributed by atoms with Crippen molar-refractivity contribution in [3.05, 3.63) is 28.2 Å². The molecule has 0 aromatic heterocycles. The molecule has 0 saturated heterocycles. The van der Waals surface area contributed by atoms with Gasteiger partial charge < -0.3 is 15.7 Å². The summed E-state index contributed by atoms with van der Waals surface area (Å²) in [4.78, 5) is 22.0. The van der Waals surface area contributed by atoms with Gasteiger partial charge in [-0.05, 0) is 37.6 Å². The summed E-state index contributed by atoms with van der Waals surface area (Å²) in [5.41, 5.74) is 1.59. The molecular weight excluding hydrogens is 288 g/mol. The summed E-state index contributed by atoms with van der Waals surface area (Å²) in [6.45, 7) is 3.29. The van der Waals surface area contributed by atoms with Gasteiger partial charge in [-0.15, -0.1) is 0 Å². The second kappa shape index (κ2) is 5.67. The van der Waals surface area contributed by atoms with E-state index in [0.717, 1.165) is 10.0 Å². The smallest absolute Gasteiger partial charge is 0.325 e. The van der Waals surface area contributed by atoms with Gasteiger partial charge in [0.2, 0.25) is 0 Å². The SMILES string of the molecule is Cc1cc(NC(=O)N[C@H](C)C(=O)O)ccc1Br. The molecule has 0 radical (unpaired) electrons. The van der Waals surface area contributed by atoms with Crippen LogP contribution >= 0.6 is 15.9 Å². The monoisotopic (exact) mass is 300 g/mol. The van der Waals surface area contributed by atoms with Gasteiger partial charge in [-0.3, -0.25) is 4.79 Å². The summed E-state index contributed by atoms with van der Waals surface area (Å²) in [5.74, 6) is -1.08. The Balaban J connectivity index is 2.62. The van der Waals surface area contributed by atoms with E-state index in [-0.39, 0.29) is 0 Å². The Hall–Kier alpha value is -1.56. The maximum absolute atomic E-state index is 11.4. The highest BCUT2D eigenvalue weighted by Crippen LogP contribution is 2.19. The number of carboxylic acid groups (broad SMARTS) is 1. The van der Waals surface area contributed by atoms with E-state index in [2.05, 4.69) is 26.6 Å². The number of halogens is 1. The number of carboxylic acids is 1. The van der Waals surface area contributed by atoms with Crippen molar-refractivity contribution in [1.82, 2.24) is 5.32 Å². The molecule has 0 heterocycles. The molecular formula is C11H13BrN2O3. The van der Waals surface area contributed by atoms with Crippen LogP contribution in [0.25, 0.3) is 0 Å². The van der Waals surface area contributed by atoms with Gasteiger partial charge in [0.1, 0.15) is 6.04 Å². The van der Waals surface area contributed by atoms with E-state index in [0.29, 0.717) is 5.69 Å². The maximum atomic E-state index is 11.4. The summed E-state index contributed by atoms with van der Waals surface area (Å²) in [6, 6.07) is 3.86. The fourth-order valence-electron chi connectivity index (χ4n) is 1.15. The summed E-state index contributed by atoms with van der Waals surface area (Å²) in [5, 5.41) is 13.5. The molecule has 0 fully saturated rings. The van der Waals surface area contributed by atoms with Gasteiger partial charge in [-0.25, -0.2) is 4.79 Å². The third-order valence-corrected chi connectivity index (χ3v) is 3.02. The first-order valence-corrected chi connectivity index (χ1v) is 5.76. The lowest BCUT2D eigenvalue weighted by molar-refractivity contribution is -0.138. The fourth-order valence-corrected chi connectivity index (χ4v) is 1.39. The summed E-state index contributed by atoms with van der Waals surface area (Å²) in [7, 11) is 0. The van der Waals surface area contributed by atoms with E-state index in [1.807, 2.05) is 13.0 Å². The zero-order valence-corrected chi connectivity index (χ0v) is 11.0. The molecule has 0 saturated carbocycles. The van der Waals surface area contributed by atoms with Crippen LogP contribution < -0.4 is 10.6 Å². The van der Waals surface area contributed by atoms with Crippen molar-refractivity contribution in [3.63, 3.8) is 0 Å². The standard InChI is InChI=1S/C11H13BrN2O3/c1-6-5-8(3-4-9(6)12)14-11(17)13-7(2)10(15)16/h3-5,7H,1-2H3,(H,15,16)(H2,13,14,17)/t7-/m1/s1. The van der Waals surface area contributed by atoms with Gasteiger partial charge in [0.05, 0.1) is 0 Å². The van der Waals surface area contributed by atoms with E-state index in [1.54, 1.807) is 12.1 Å². The van der Waals surface area contributed by atoms with E-state index in [1.165, 1.54) is 6.92 Å². The average Bonchev–Trinajstić information content (AvgIpc) is 2.23.